The summed E-state index contributed by atoms with van der Waals surface area (Å²) in [6.07, 6.45) is -4.63. The van der Waals surface area contributed by atoms with Gasteiger partial charge in [0.05, 0.1) is 43.5 Å². The highest BCUT2D eigenvalue weighted by molar-refractivity contribution is 6.76. The van der Waals surface area contributed by atoms with Gasteiger partial charge in [-0.05, 0) is 81.1 Å². The van der Waals surface area contributed by atoms with E-state index < -0.39 is 66.4 Å². The number of nitrogens with zero attached hydrogens (tertiary/aromatic N) is 5. The Morgan fingerprint density at radius 3 is 2.40 bits per heavy atom. The average molecular weight is 830 g/mol. The Kier molecular flexibility index (Phi) is 11.1. The van der Waals surface area contributed by atoms with Crippen LogP contribution >= 0.6 is 0 Å². The lowest BCUT2D eigenvalue weighted by Crippen LogP contribution is -2.51. The monoisotopic (exact) mass is 829 g/mol. The zero-order valence-electron chi connectivity index (χ0n) is 33.4. The summed E-state index contributed by atoms with van der Waals surface area (Å²) < 4.78 is 93.9. The van der Waals surface area contributed by atoms with Gasteiger partial charge in [-0.1, -0.05) is 25.7 Å². The number of morpholine rings is 1. The Hall–Kier alpha value is -4.61. The number of carbonyl (C=O) groups is 2. The minimum Gasteiger partial charge on any atom is -0.444 e. The molecule has 1 saturated carbocycles. The normalized spacial score (nSPS) is 18.2. The standard InChI is InChI=1S/C41H48F5N5O6Si/c1-40(2,3)57-39(54)49-11-12-55-22-34(49)33-18-30-31(41(44,45)46)21-50(38(53)36(30)51(33)23-56-13-14-58(4,5)6)35-16-25(15-32(47-35)24-7-8-24)28-10-9-26(42)17-29(28)37(52)48-19-27(43)20-48/h9-10,15-18,21,24,27,34H,7-8,11-14,19-20,22-23H2,1-6H3. The van der Waals surface area contributed by atoms with Crippen molar-refractivity contribution < 1.29 is 45.8 Å². The maximum Gasteiger partial charge on any atom is 0.418 e. The number of carbonyl (C=O) groups excluding carboxylic acids is 2. The van der Waals surface area contributed by atoms with Crippen LogP contribution in [0.25, 0.3) is 27.8 Å². The number of likely N-dealkylation sites (tertiary alicyclic amines) is 1. The van der Waals surface area contributed by atoms with E-state index in [2.05, 4.69) is 19.6 Å². The van der Waals surface area contributed by atoms with Crippen LogP contribution < -0.4 is 5.56 Å². The minimum absolute atomic E-state index is 0.0529. The molecule has 3 fully saturated rings. The number of alkyl halides is 4. The molecule has 2 saturated heterocycles. The van der Waals surface area contributed by atoms with Gasteiger partial charge in [0.2, 0.25) is 0 Å². The maximum absolute atomic E-state index is 15.3. The number of rotatable bonds is 10. The Balaban J connectivity index is 1.42. The van der Waals surface area contributed by atoms with Crippen molar-refractivity contribution in [3.8, 4) is 16.9 Å². The van der Waals surface area contributed by atoms with Gasteiger partial charge in [-0.25, -0.2) is 18.6 Å². The van der Waals surface area contributed by atoms with E-state index in [9.17, 15) is 23.2 Å². The third kappa shape index (κ3) is 8.85. The number of halogens is 5. The van der Waals surface area contributed by atoms with E-state index in [1.807, 2.05) is 0 Å². The second-order valence-corrected chi connectivity index (χ2v) is 23.1. The lowest BCUT2D eigenvalue weighted by molar-refractivity contribution is -0.136. The molecular formula is C41H48F5N5O6Si. The third-order valence-corrected chi connectivity index (χ3v) is 12.1. The zero-order valence-corrected chi connectivity index (χ0v) is 34.4. The Morgan fingerprint density at radius 2 is 1.76 bits per heavy atom. The molecule has 0 radical (unpaired) electrons. The van der Waals surface area contributed by atoms with Crippen molar-refractivity contribution >= 4 is 31.0 Å². The van der Waals surface area contributed by atoms with Crippen molar-refractivity contribution in [1.29, 1.82) is 0 Å². The van der Waals surface area contributed by atoms with E-state index in [0.29, 0.717) is 11.3 Å². The van der Waals surface area contributed by atoms with Crippen molar-refractivity contribution in [1.82, 2.24) is 23.9 Å². The number of ether oxygens (including phenoxy) is 3. The third-order valence-electron chi connectivity index (χ3n) is 10.4. The summed E-state index contributed by atoms with van der Waals surface area (Å²) in [5.41, 5.74) is -1.92. The Bertz CT molecular complexity index is 2290. The van der Waals surface area contributed by atoms with E-state index in [1.165, 1.54) is 32.6 Å². The Morgan fingerprint density at radius 1 is 1.03 bits per heavy atom. The number of hydrogen-bond donors (Lipinski definition) is 0. The molecule has 312 valence electrons. The van der Waals surface area contributed by atoms with Crippen LogP contribution in [0.2, 0.25) is 25.7 Å². The van der Waals surface area contributed by atoms with E-state index in [-0.39, 0.29) is 80.3 Å². The molecular weight excluding hydrogens is 782 g/mol. The first-order valence-corrected chi connectivity index (χ1v) is 23.2. The van der Waals surface area contributed by atoms with Gasteiger partial charge in [0.15, 0.2) is 0 Å². The largest absolute Gasteiger partial charge is 0.444 e. The molecule has 0 N–H and O–H groups in total. The van der Waals surface area contributed by atoms with E-state index in [0.717, 1.165) is 41.8 Å². The summed E-state index contributed by atoms with van der Waals surface area (Å²) in [5.74, 6) is -1.49. The summed E-state index contributed by atoms with van der Waals surface area (Å²) in [7, 11) is -1.60. The lowest BCUT2D eigenvalue weighted by atomic mass is 9.96. The van der Waals surface area contributed by atoms with Crippen LogP contribution in [-0.2, 0) is 27.1 Å². The maximum atomic E-state index is 15.3. The fourth-order valence-electron chi connectivity index (χ4n) is 7.22. The van der Waals surface area contributed by atoms with Crippen LogP contribution in [0.3, 0.4) is 0 Å². The van der Waals surface area contributed by atoms with E-state index >= 15 is 13.2 Å². The van der Waals surface area contributed by atoms with Crippen molar-refractivity contribution in [2.24, 2.45) is 0 Å². The molecule has 1 unspecified atom stereocenters. The second-order valence-electron chi connectivity index (χ2n) is 17.5. The SMILES string of the molecule is CC(C)(C)OC(=O)N1CCOCC1c1cc2c(C(F)(F)F)cn(-c3cc(-c4ccc(F)cc4C(=O)N4CC(F)C4)cc(C4CC4)n3)c(=O)c2n1COCC[Si](C)(C)C. The van der Waals surface area contributed by atoms with Gasteiger partial charge in [0.1, 0.15) is 35.7 Å². The second kappa shape index (κ2) is 15.5. The minimum atomic E-state index is -4.96. The fourth-order valence-corrected chi connectivity index (χ4v) is 7.98. The fraction of sp³-hybridized carbons (Fsp3) is 0.512. The van der Waals surface area contributed by atoms with Crippen LogP contribution in [0.15, 0.2) is 47.4 Å². The van der Waals surface area contributed by atoms with Gasteiger partial charge in [0, 0.05) is 50.1 Å². The van der Waals surface area contributed by atoms with Crippen molar-refractivity contribution in [3.05, 3.63) is 81.3 Å². The highest BCUT2D eigenvalue weighted by Crippen LogP contribution is 2.42. The quantitative estimate of drug-likeness (QED) is 0.0900. The summed E-state index contributed by atoms with van der Waals surface area (Å²) in [4.78, 5) is 49.2. The molecule has 7 rings (SSSR count). The van der Waals surface area contributed by atoms with Gasteiger partial charge in [-0.15, -0.1) is 0 Å². The number of amides is 2. The molecule has 2 amide bonds. The predicted octanol–water partition coefficient (Wildman–Crippen LogP) is 8.30. The molecule has 2 aliphatic heterocycles. The van der Waals surface area contributed by atoms with Gasteiger partial charge >= 0.3 is 12.3 Å². The van der Waals surface area contributed by atoms with Crippen LogP contribution in [0.4, 0.5) is 26.7 Å². The molecule has 0 spiro atoms. The van der Waals surface area contributed by atoms with Gasteiger partial charge in [-0.3, -0.25) is 19.1 Å². The van der Waals surface area contributed by atoms with Crippen molar-refractivity contribution in [2.45, 2.75) is 95.9 Å². The molecule has 17 heteroatoms. The topological polar surface area (TPSA) is 108 Å². The van der Waals surface area contributed by atoms with Crippen LogP contribution in [-0.4, -0.2) is 95.2 Å². The average Bonchev–Trinajstić information content (AvgIpc) is 3.91. The number of hydrogen-bond acceptors (Lipinski definition) is 7. The van der Waals surface area contributed by atoms with Crippen molar-refractivity contribution in [3.63, 3.8) is 0 Å². The number of fused-ring (bicyclic) bond motifs is 1. The molecule has 11 nitrogen and oxygen atoms in total. The molecule has 1 aliphatic carbocycles. The summed E-state index contributed by atoms with van der Waals surface area (Å²) in [6, 6.07) is 7.77. The van der Waals surface area contributed by atoms with E-state index in [1.54, 1.807) is 26.8 Å². The predicted molar refractivity (Wildman–Crippen MR) is 209 cm³/mol. The number of pyridine rings is 2. The first-order valence-electron chi connectivity index (χ1n) is 19.5. The zero-order chi connectivity index (χ0) is 41.9. The van der Waals surface area contributed by atoms with Crippen LogP contribution in [0, 0.1) is 5.82 Å². The first kappa shape index (κ1) is 41.5. The van der Waals surface area contributed by atoms with Gasteiger partial charge in [0.25, 0.3) is 11.5 Å². The molecule has 1 aromatic carbocycles. The highest BCUT2D eigenvalue weighted by Gasteiger charge is 2.40. The van der Waals surface area contributed by atoms with Crippen LogP contribution in [0.5, 0.6) is 0 Å². The van der Waals surface area contributed by atoms with Gasteiger partial charge < -0.3 is 23.7 Å². The first-order chi connectivity index (χ1) is 27.2. The van der Waals surface area contributed by atoms with E-state index in [4.69, 9.17) is 19.2 Å². The Labute approximate surface area is 333 Å². The summed E-state index contributed by atoms with van der Waals surface area (Å²) in [6.45, 7) is 11.5. The molecule has 1 atom stereocenters. The smallest absolute Gasteiger partial charge is 0.418 e. The molecule has 5 heterocycles. The number of aromatic nitrogens is 3. The molecule has 0 bridgehead atoms. The molecule has 4 aromatic rings. The molecule has 58 heavy (non-hydrogen) atoms. The van der Waals surface area contributed by atoms with Crippen LogP contribution in [0.1, 0.15) is 72.9 Å². The highest BCUT2D eigenvalue weighted by atomic mass is 28.3. The van der Waals surface area contributed by atoms with Gasteiger partial charge in [-0.2, -0.15) is 13.2 Å². The lowest BCUT2D eigenvalue weighted by Gasteiger charge is -2.37. The number of benzene rings is 1. The molecule has 3 aliphatic rings. The molecule has 3 aromatic heterocycles. The summed E-state index contributed by atoms with van der Waals surface area (Å²) >= 11 is 0. The van der Waals surface area contributed by atoms with Crippen molar-refractivity contribution in [2.75, 3.05) is 39.5 Å². The summed E-state index contributed by atoms with van der Waals surface area (Å²) in [5, 5.41) is -0.391.